The molecule has 0 bridgehead atoms. The van der Waals surface area contributed by atoms with Gasteiger partial charge in [-0.05, 0) is 24.3 Å². The normalized spacial score (nSPS) is 20.6. The highest BCUT2D eigenvalue weighted by atomic mass is 16.5. The van der Waals surface area contributed by atoms with Crippen LogP contribution < -0.4 is 14.4 Å². The Morgan fingerprint density at radius 1 is 0.967 bits per heavy atom. The maximum absolute atomic E-state index is 13.2. The fourth-order valence-corrected chi connectivity index (χ4v) is 4.96. The van der Waals surface area contributed by atoms with Gasteiger partial charge in [-0.15, -0.1) is 0 Å². The number of hydrogen-bond donors (Lipinski definition) is 0. The highest BCUT2D eigenvalue weighted by Gasteiger charge is 2.43. The zero-order valence-corrected chi connectivity index (χ0v) is 17.5. The maximum Gasteiger partial charge on any atom is 0.257 e. The van der Waals surface area contributed by atoms with Gasteiger partial charge in [-0.1, -0.05) is 18.2 Å². The summed E-state index contributed by atoms with van der Waals surface area (Å²) in [5, 5.41) is 0. The highest BCUT2D eigenvalue weighted by molar-refractivity contribution is 5.98. The van der Waals surface area contributed by atoms with E-state index >= 15 is 0 Å². The van der Waals surface area contributed by atoms with Crippen LogP contribution in [0.1, 0.15) is 10.4 Å². The van der Waals surface area contributed by atoms with Crippen molar-refractivity contribution in [2.24, 2.45) is 18.9 Å². The first-order valence-corrected chi connectivity index (χ1v) is 10.3. The van der Waals surface area contributed by atoms with Crippen LogP contribution in [0.3, 0.4) is 0 Å². The van der Waals surface area contributed by atoms with Crippen molar-refractivity contribution in [2.45, 2.75) is 0 Å². The van der Waals surface area contributed by atoms with Crippen molar-refractivity contribution >= 4 is 22.9 Å². The number of ether oxygens (including phenoxy) is 2. The van der Waals surface area contributed by atoms with Gasteiger partial charge >= 0.3 is 0 Å². The number of carbonyl (C=O) groups is 1. The van der Waals surface area contributed by atoms with Gasteiger partial charge in [0.2, 0.25) is 5.95 Å². The fourth-order valence-electron chi connectivity index (χ4n) is 4.96. The number of likely N-dealkylation sites (tertiary alicyclic amines) is 1. The average molecular weight is 406 g/mol. The molecule has 1 amide bonds. The Kier molecular flexibility index (Phi) is 4.53. The molecule has 0 aliphatic carbocycles. The van der Waals surface area contributed by atoms with Crippen molar-refractivity contribution in [2.75, 3.05) is 45.3 Å². The Hall–Kier alpha value is -3.22. The average Bonchev–Trinajstić information content (AvgIpc) is 3.44. The molecule has 7 nitrogen and oxygen atoms in total. The molecule has 2 atom stereocenters. The van der Waals surface area contributed by atoms with Crippen LogP contribution in [0.15, 0.2) is 42.5 Å². The zero-order valence-electron chi connectivity index (χ0n) is 17.5. The van der Waals surface area contributed by atoms with Crippen LogP contribution in [0, 0.1) is 11.8 Å². The molecule has 3 heterocycles. The van der Waals surface area contributed by atoms with E-state index in [1.54, 1.807) is 14.2 Å². The van der Waals surface area contributed by atoms with E-state index in [1.807, 2.05) is 35.2 Å². The number of imidazole rings is 1. The molecule has 2 saturated heterocycles. The molecule has 0 radical (unpaired) electrons. The van der Waals surface area contributed by atoms with E-state index in [2.05, 4.69) is 28.6 Å². The van der Waals surface area contributed by atoms with Gasteiger partial charge in [0.25, 0.3) is 5.91 Å². The lowest BCUT2D eigenvalue weighted by molar-refractivity contribution is 0.0778. The summed E-state index contributed by atoms with van der Waals surface area (Å²) in [4.78, 5) is 22.4. The maximum atomic E-state index is 13.2. The predicted octanol–water partition coefficient (Wildman–Crippen LogP) is 2.80. The smallest absolute Gasteiger partial charge is 0.257 e. The topological polar surface area (TPSA) is 59.8 Å². The number of carbonyl (C=O) groups excluding carboxylic acids is 1. The largest absolute Gasteiger partial charge is 0.493 e. The molecule has 0 N–H and O–H groups in total. The van der Waals surface area contributed by atoms with Crippen LogP contribution in [-0.2, 0) is 7.05 Å². The lowest BCUT2D eigenvalue weighted by Crippen LogP contribution is -2.34. The van der Waals surface area contributed by atoms with Gasteiger partial charge in [-0.3, -0.25) is 4.79 Å². The number of hydrogen-bond acceptors (Lipinski definition) is 5. The number of benzene rings is 2. The molecule has 30 heavy (non-hydrogen) atoms. The van der Waals surface area contributed by atoms with Crippen LogP contribution in [0.25, 0.3) is 11.0 Å². The molecule has 1 aromatic heterocycles. The Balaban J connectivity index is 1.33. The third-order valence-electron chi connectivity index (χ3n) is 6.45. The second-order valence-electron chi connectivity index (χ2n) is 8.14. The summed E-state index contributed by atoms with van der Waals surface area (Å²) in [5.41, 5.74) is 2.73. The standard InChI is InChI=1S/C23H26N4O3/c1-25-19-9-5-4-8-18(19)24-23(25)27-13-15-11-26(12-16(15)14-27)22(28)17-7-6-10-20(29-2)21(17)30-3/h4-10,15-16H,11-14H2,1-3H3. The van der Waals surface area contributed by atoms with E-state index in [-0.39, 0.29) is 5.91 Å². The summed E-state index contributed by atoms with van der Waals surface area (Å²) in [6.45, 7) is 3.34. The van der Waals surface area contributed by atoms with Crippen molar-refractivity contribution in [3.63, 3.8) is 0 Å². The van der Waals surface area contributed by atoms with E-state index < -0.39 is 0 Å². The van der Waals surface area contributed by atoms with Gasteiger partial charge < -0.3 is 23.8 Å². The summed E-state index contributed by atoms with van der Waals surface area (Å²) in [7, 11) is 5.23. The zero-order chi connectivity index (χ0) is 20.8. The molecule has 2 aliphatic heterocycles. The van der Waals surface area contributed by atoms with Crippen LogP contribution in [-0.4, -0.2) is 60.8 Å². The van der Waals surface area contributed by atoms with E-state index in [9.17, 15) is 4.79 Å². The SMILES string of the molecule is COc1cccc(C(=O)N2CC3CN(c4nc5ccccc5n4C)CC3C2)c1OC. The summed E-state index contributed by atoms with van der Waals surface area (Å²) < 4.78 is 13.0. The van der Waals surface area contributed by atoms with Gasteiger partial charge in [-0.25, -0.2) is 4.98 Å². The molecular formula is C23H26N4O3. The Morgan fingerprint density at radius 3 is 2.37 bits per heavy atom. The minimum atomic E-state index is 0.00873. The number of nitrogens with zero attached hydrogens (tertiary/aromatic N) is 4. The van der Waals surface area contributed by atoms with Crippen LogP contribution in [0.2, 0.25) is 0 Å². The minimum Gasteiger partial charge on any atom is -0.493 e. The van der Waals surface area contributed by atoms with E-state index in [0.717, 1.165) is 43.2 Å². The molecule has 0 saturated carbocycles. The highest BCUT2D eigenvalue weighted by Crippen LogP contribution is 2.37. The van der Waals surface area contributed by atoms with E-state index in [4.69, 9.17) is 14.5 Å². The van der Waals surface area contributed by atoms with Gasteiger partial charge in [0.1, 0.15) is 0 Å². The molecule has 2 aliphatic rings. The van der Waals surface area contributed by atoms with Crippen molar-refractivity contribution in [1.82, 2.24) is 14.5 Å². The van der Waals surface area contributed by atoms with Crippen molar-refractivity contribution < 1.29 is 14.3 Å². The number of amides is 1. The number of aromatic nitrogens is 2. The summed E-state index contributed by atoms with van der Waals surface area (Å²) in [6.07, 6.45) is 0. The summed E-state index contributed by atoms with van der Waals surface area (Å²) in [5.74, 6) is 3.00. The molecule has 7 heteroatoms. The number of para-hydroxylation sites is 3. The second-order valence-corrected chi connectivity index (χ2v) is 8.14. The number of anilines is 1. The van der Waals surface area contributed by atoms with Crippen molar-refractivity contribution in [1.29, 1.82) is 0 Å². The Bertz CT molecular complexity index is 1100. The van der Waals surface area contributed by atoms with Gasteiger partial charge in [0.05, 0.1) is 30.8 Å². The third-order valence-corrected chi connectivity index (χ3v) is 6.45. The first-order valence-electron chi connectivity index (χ1n) is 10.3. The quantitative estimate of drug-likeness (QED) is 0.667. The molecule has 156 valence electrons. The second kappa shape index (κ2) is 7.23. The molecular weight excluding hydrogens is 380 g/mol. The van der Waals surface area contributed by atoms with E-state index in [0.29, 0.717) is 28.9 Å². The van der Waals surface area contributed by atoms with Crippen molar-refractivity contribution in [3.8, 4) is 11.5 Å². The van der Waals surface area contributed by atoms with Crippen LogP contribution >= 0.6 is 0 Å². The lowest BCUT2D eigenvalue weighted by Gasteiger charge is -2.23. The lowest BCUT2D eigenvalue weighted by atomic mass is 10.0. The predicted molar refractivity (Wildman–Crippen MR) is 115 cm³/mol. The molecule has 2 fully saturated rings. The van der Waals surface area contributed by atoms with Crippen molar-refractivity contribution in [3.05, 3.63) is 48.0 Å². The summed E-state index contributed by atoms with van der Waals surface area (Å²) >= 11 is 0. The van der Waals surface area contributed by atoms with Gasteiger partial charge in [0, 0.05) is 45.1 Å². The van der Waals surface area contributed by atoms with Crippen LogP contribution in [0.5, 0.6) is 11.5 Å². The number of rotatable bonds is 4. The molecule has 2 aromatic carbocycles. The minimum absolute atomic E-state index is 0.00873. The fraction of sp³-hybridized carbons (Fsp3) is 0.391. The first-order chi connectivity index (χ1) is 14.6. The number of methoxy groups -OCH3 is 2. The Morgan fingerprint density at radius 2 is 1.70 bits per heavy atom. The van der Waals surface area contributed by atoms with E-state index in [1.165, 1.54) is 0 Å². The molecule has 0 spiro atoms. The third kappa shape index (κ3) is 2.88. The number of fused-ring (bicyclic) bond motifs is 2. The molecule has 3 aromatic rings. The number of aryl methyl sites for hydroxylation is 1. The summed E-state index contributed by atoms with van der Waals surface area (Å²) in [6, 6.07) is 13.7. The van der Waals surface area contributed by atoms with Crippen LogP contribution in [0.4, 0.5) is 5.95 Å². The Labute approximate surface area is 175 Å². The molecule has 2 unspecified atom stereocenters. The first kappa shape index (κ1) is 18.8. The monoisotopic (exact) mass is 406 g/mol. The molecule has 5 rings (SSSR count). The van der Waals surface area contributed by atoms with Gasteiger partial charge in [-0.2, -0.15) is 0 Å². The van der Waals surface area contributed by atoms with Gasteiger partial charge in [0.15, 0.2) is 11.5 Å².